The highest BCUT2D eigenvalue weighted by molar-refractivity contribution is 7.98. The number of hydrogen-bond donors (Lipinski definition) is 1. The fourth-order valence-electron chi connectivity index (χ4n) is 2.78. The molecule has 132 valence electrons. The van der Waals surface area contributed by atoms with Crippen LogP contribution in [0.5, 0.6) is 0 Å². The van der Waals surface area contributed by atoms with Crippen LogP contribution in [0.1, 0.15) is 12.0 Å². The Morgan fingerprint density at radius 2 is 2.16 bits per heavy atom. The first-order valence-electron chi connectivity index (χ1n) is 8.20. The van der Waals surface area contributed by atoms with Crippen molar-refractivity contribution in [2.75, 3.05) is 25.5 Å². The van der Waals surface area contributed by atoms with Gasteiger partial charge in [0.25, 0.3) is 0 Å². The van der Waals surface area contributed by atoms with E-state index in [-0.39, 0.29) is 12.1 Å². The Hall–Kier alpha value is -1.69. The molecule has 0 radical (unpaired) electrons. The van der Waals surface area contributed by atoms with Gasteiger partial charge >= 0.3 is 6.03 Å². The summed E-state index contributed by atoms with van der Waals surface area (Å²) in [6.45, 7) is 1.36. The van der Waals surface area contributed by atoms with Crippen molar-refractivity contribution >= 4 is 35.1 Å². The molecule has 0 bridgehead atoms. The van der Waals surface area contributed by atoms with Gasteiger partial charge in [0.1, 0.15) is 0 Å². The summed E-state index contributed by atoms with van der Waals surface area (Å²) in [4.78, 5) is 15.3. The Labute approximate surface area is 157 Å². The highest BCUT2D eigenvalue weighted by Crippen LogP contribution is 2.30. The number of carbonyl (C=O) groups excluding carboxylic acids is 1. The lowest BCUT2D eigenvalue weighted by Crippen LogP contribution is -2.34. The maximum atomic E-state index is 12.5. The molecule has 3 rings (SSSR count). The van der Waals surface area contributed by atoms with Crippen molar-refractivity contribution in [3.63, 3.8) is 0 Å². The summed E-state index contributed by atoms with van der Waals surface area (Å²) in [6, 6.07) is 15.6. The van der Waals surface area contributed by atoms with Crippen LogP contribution in [0.25, 0.3) is 0 Å². The van der Waals surface area contributed by atoms with Crippen LogP contribution in [-0.4, -0.2) is 37.2 Å². The largest absolute Gasteiger partial charge is 0.380 e. The van der Waals surface area contributed by atoms with Crippen LogP contribution in [-0.2, 0) is 10.5 Å². The number of nitrogens with one attached hydrogen (secondary N) is 1. The molecule has 2 amide bonds. The standard InChI is InChI=1S/C19H21ClN2O2S/c1-24-16-9-10-22(12-16)19(23)21-17-7-2-3-8-18(17)25-13-14-5-4-6-15(20)11-14/h2-8,11,16H,9-10,12-13H2,1H3,(H,21,23). The molecule has 1 atom stereocenters. The molecule has 0 saturated carbocycles. The molecule has 1 unspecified atom stereocenters. The predicted octanol–water partition coefficient (Wildman–Crippen LogP) is 4.88. The summed E-state index contributed by atoms with van der Waals surface area (Å²) in [6.07, 6.45) is 1.02. The Kier molecular flexibility index (Phi) is 6.24. The number of nitrogens with zero attached hydrogens (tertiary/aromatic N) is 1. The number of anilines is 1. The third kappa shape index (κ3) is 4.91. The van der Waals surface area contributed by atoms with Crippen molar-refractivity contribution in [3.8, 4) is 0 Å². The normalized spacial score (nSPS) is 16.9. The molecule has 1 fully saturated rings. The van der Waals surface area contributed by atoms with Crippen molar-refractivity contribution in [1.82, 2.24) is 4.90 Å². The summed E-state index contributed by atoms with van der Waals surface area (Å²) < 4.78 is 5.33. The van der Waals surface area contributed by atoms with Gasteiger partial charge in [-0.25, -0.2) is 4.79 Å². The SMILES string of the molecule is COC1CCN(C(=O)Nc2ccccc2SCc2cccc(Cl)c2)C1. The number of benzene rings is 2. The van der Waals surface area contributed by atoms with Gasteiger partial charge in [0.15, 0.2) is 0 Å². The first-order valence-corrected chi connectivity index (χ1v) is 9.57. The zero-order valence-electron chi connectivity index (χ0n) is 14.1. The van der Waals surface area contributed by atoms with Gasteiger partial charge in [0, 0.05) is 35.9 Å². The van der Waals surface area contributed by atoms with E-state index < -0.39 is 0 Å². The Morgan fingerprint density at radius 3 is 2.92 bits per heavy atom. The Morgan fingerprint density at radius 1 is 1.32 bits per heavy atom. The van der Waals surface area contributed by atoms with E-state index in [1.807, 2.05) is 42.5 Å². The van der Waals surface area contributed by atoms with Crippen molar-refractivity contribution in [2.45, 2.75) is 23.2 Å². The first kappa shape index (κ1) is 18.1. The average molecular weight is 377 g/mol. The van der Waals surface area contributed by atoms with Crippen molar-refractivity contribution in [1.29, 1.82) is 0 Å². The zero-order chi connectivity index (χ0) is 17.6. The number of hydrogen-bond acceptors (Lipinski definition) is 3. The van der Waals surface area contributed by atoms with Crippen LogP contribution < -0.4 is 5.32 Å². The molecule has 6 heteroatoms. The average Bonchev–Trinajstić information content (AvgIpc) is 3.10. The molecule has 0 aliphatic carbocycles. The molecule has 4 nitrogen and oxygen atoms in total. The number of rotatable bonds is 5. The highest BCUT2D eigenvalue weighted by Gasteiger charge is 2.26. The minimum atomic E-state index is -0.0737. The van der Waals surface area contributed by atoms with Gasteiger partial charge in [0.2, 0.25) is 0 Å². The molecule has 25 heavy (non-hydrogen) atoms. The van der Waals surface area contributed by atoms with Crippen molar-refractivity contribution in [2.24, 2.45) is 0 Å². The van der Waals surface area contributed by atoms with E-state index in [1.165, 1.54) is 0 Å². The molecule has 1 heterocycles. The van der Waals surface area contributed by atoms with Crippen LogP contribution >= 0.6 is 23.4 Å². The van der Waals surface area contributed by atoms with Gasteiger partial charge in [-0.3, -0.25) is 0 Å². The Bertz CT molecular complexity index is 741. The van der Waals surface area contributed by atoms with E-state index >= 15 is 0 Å². The molecule has 1 saturated heterocycles. The second kappa shape index (κ2) is 8.61. The number of likely N-dealkylation sites (tertiary alicyclic amines) is 1. The molecular weight excluding hydrogens is 356 g/mol. The molecule has 1 aliphatic heterocycles. The van der Waals surface area contributed by atoms with Crippen LogP contribution in [0.15, 0.2) is 53.4 Å². The fourth-order valence-corrected chi connectivity index (χ4v) is 3.95. The monoisotopic (exact) mass is 376 g/mol. The van der Waals surface area contributed by atoms with Crippen molar-refractivity contribution in [3.05, 3.63) is 59.1 Å². The number of urea groups is 1. The van der Waals surface area contributed by atoms with E-state index in [2.05, 4.69) is 11.4 Å². The van der Waals surface area contributed by atoms with Crippen LogP contribution in [0, 0.1) is 0 Å². The second-order valence-electron chi connectivity index (χ2n) is 5.94. The maximum absolute atomic E-state index is 12.5. The highest BCUT2D eigenvalue weighted by atomic mass is 35.5. The summed E-state index contributed by atoms with van der Waals surface area (Å²) in [5, 5.41) is 3.77. The lowest BCUT2D eigenvalue weighted by molar-refractivity contribution is 0.111. The number of amides is 2. The van der Waals surface area contributed by atoms with Gasteiger partial charge < -0.3 is 15.0 Å². The van der Waals surface area contributed by atoms with Crippen molar-refractivity contribution < 1.29 is 9.53 Å². The molecule has 1 aliphatic rings. The minimum absolute atomic E-state index is 0.0737. The van der Waals surface area contributed by atoms with Crippen LogP contribution in [0.4, 0.5) is 10.5 Å². The second-order valence-corrected chi connectivity index (χ2v) is 7.39. The third-order valence-corrected chi connectivity index (χ3v) is 5.56. The first-order chi connectivity index (χ1) is 12.2. The lowest BCUT2D eigenvalue weighted by Gasteiger charge is -2.18. The number of carbonyl (C=O) groups is 1. The number of thioether (sulfide) groups is 1. The number of halogens is 1. The summed E-state index contributed by atoms with van der Waals surface area (Å²) >= 11 is 7.72. The third-order valence-electron chi connectivity index (χ3n) is 4.18. The van der Waals surface area contributed by atoms with E-state index in [9.17, 15) is 4.79 Å². The van der Waals surface area contributed by atoms with Gasteiger partial charge in [-0.1, -0.05) is 35.9 Å². The number of para-hydroxylation sites is 1. The van der Waals surface area contributed by atoms with E-state index in [1.54, 1.807) is 23.8 Å². The lowest BCUT2D eigenvalue weighted by atomic mass is 10.2. The topological polar surface area (TPSA) is 41.6 Å². The fraction of sp³-hybridized carbons (Fsp3) is 0.316. The molecule has 0 spiro atoms. The molecule has 0 aromatic heterocycles. The van der Waals surface area contributed by atoms with Crippen LogP contribution in [0.3, 0.4) is 0 Å². The predicted molar refractivity (Wildman–Crippen MR) is 103 cm³/mol. The van der Waals surface area contributed by atoms with Gasteiger partial charge in [-0.05, 0) is 36.2 Å². The van der Waals surface area contributed by atoms with E-state index in [4.69, 9.17) is 16.3 Å². The zero-order valence-corrected chi connectivity index (χ0v) is 15.6. The van der Waals surface area contributed by atoms with Gasteiger partial charge in [-0.2, -0.15) is 0 Å². The summed E-state index contributed by atoms with van der Waals surface area (Å²) in [5.74, 6) is 0.795. The maximum Gasteiger partial charge on any atom is 0.321 e. The summed E-state index contributed by atoms with van der Waals surface area (Å²) in [5.41, 5.74) is 1.99. The smallest absolute Gasteiger partial charge is 0.321 e. The summed E-state index contributed by atoms with van der Waals surface area (Å²) in [7, 11) is 1.69. The Balaban J connectivity index is 1.63. The minimum Gasteiger partial charge on any atom is -0.380 e. The quantitative estimate of drug-likeness (QED) is 0.756. The molecule has 1 N–H and O–H groups in total. The van der Waals surface area contributed by atoms with E-state index in [0.717, 1.165) is 39.9 Å². The van der Waals surface area contributed by atoms with E-state index in [0.29, 0.717) is 6.54 Å². The van der Waals surface area contributed by atoms with Crippen LogP contribution in [0.2, 0.25) is 5.02 Å². The molecule has 2 aromatic rings. The van der Waals surface area contributed by atoms with Gasteiger partial charge in [0.05, 0.1) is 11.8 Å². The number of ether oxygens (including phenoxy) is 1. The molecular formula is C19H21ClN2O2S. The molecule has 2 aromatic carbocycles. The van der Waals surface area contributed by atoms with Gasteiger partial charge in [-0.15, -0.1) is 11.8 Å². The number of methoxy groups -OCH3 is 1.